The maximum Gasteiger partial charge on any atom is 0.142 e. The predicted octanol–water partition coefficient (Wildman–Crippen LogP) is 3.16. The second kappa shape index (κ2) is 8.23. The first-order valence-electron chi connectivity index (χ1n) is 5.57. The third kappa shape index (κ3) is 5.82. The maximum atomic E-state index is 13.1. The highest BCUT2D eigenvalue weighted by Gasteiger charge is 2.00. The second-order valence-corrected chi connectivity index (χ2v) is 4.02. The number of halogens is 2. The number of nitrogens with one attached hydrogen (secondary N) is 1. The molecule has 0 aliphatic heterocycles. The zero-order valence-corrected chi connectivity index (χ0v) is 10.5. The summed E-state index contributed by atoms with van der Waals surface area (Å²) in [5.74, 6) is -0.381. The van der Waals surface area contributed by atoms with Gasteiger partial charge in [-0.05, 0) is 24.1 Å². The fourth-order valence-electron chi connectivity index (χ4n) is 1.30. The van der Waals surface area contributed by atoms with Crippen LogP contribution in [0.25, 0.3) is 0 Å². The Bertz CT molecular complexity index is 357. The van der Waals surface area contributed by atoms with E-state index in [0.29, 0.717) is 19.8 Å². The molecule has 0 fully saturated rings. The van der Waals surface area contributed by atoms with Crippen LogP contribution in [0.2, 0.25) is 5.02 Å². The van der Waals surface area contributed by atoms with Crippen LogP contribution in [-0.2, 0) is 11.3 Å². The molecule has 0 spiro atoms. The molecule has 17 heavy (non-hydrogen) atoms. The van der Waals surface area contributed by atoms with Crippen LogP contribution < -0.4 is 5.32 Å². The van der Waals surface area contributed by atoms with Gasteiger partial charge in [-0.3, -0.25) is 0 Å². The summed E-state index contributed by atoms with van der Waals surface area (Å²) >= 11 is 5.59. The summed E-state index contributed by atoms with van der Waals surface area (Å²) in [6.45, 7) is 6.29. The van der Waals surface area contributed by atoms with Crippen LogP contribution in [0, 0.1) is 5.82 Å². The van der Waals surface area contributed by atoms with Crippen LogP contribution >= 0.6 is 11.6 Å². The van der Waals surface area contributed by atoms with Crippen molar-refractivity contribution in [2.24, 2.45) is 0 Å². The molecule has 94 valence electrons. The normalized spacial score (nSPS) is 10.5. The van der Waals surface area contributed by atoms with Crippen LogP contribution in [-0.4, -0.2) is 19.8 Å². The Balaban J connectivity index is 2.13. The van der Waals surface area contributed by atoms with Crippen LogP contribution in [0.5, 0.6) is 0 Å². The van der Waals surface area contributed by atoms with Crippen LogP contribution in [0.4, 0.5) is 4.39 Å². The molecule has 0 aliphatic carbocycles. The summed E-state index contributed by atoms with van der Waals surface area (Å²) in [6.07, 6.45) is 2.69. The van der Waals surface area contributed by atoms with Gasteiger partial charge < -0.3 is 10.1 Å². The van der Waals surface area contributed by atoms with Crippen LogP contribution in [0.3, 0.4) is 0 Å². The van der Waals surface area contributed by atoms with Gasteiger partial charge in [0.15, 0.2) is 0 Å². The Morgan fingerprint density at radius 3 is 2.94 bits per heavy atom. The molecule has 0 aromatic heterocycles. The molecule has 1 rings (SSSR count). The molecule has 0 amide bonds. The number of hydrogen-bond acceptors (Lipinski definition) is 2. The highest BCUT2D eigenvalue weighted by Crippen LogP contribution is 2.15. The average Bonchev–Trinajstić information content (AvgIpc) is 2.32. The molecule has 0 unspecified atom stereocenters. The minimum absolute atomic E-state index is 0.154. The number of benzene rings is 1. The number of ether oxygens (including phenoxy) is 1. The van der Waals surface area contributed by atoms with E-state index in [4.69, 9.17) is 16.3 Å². The lowest BCUT2D eigenvalue weighted by Gasteiger charge is -2.06. The quantitative estimate of drug-likeness (QED) is 0.571. The molecule has 1 aromatic rings. The van der Waals surface area contributed by atoms with Crippen molar-refractivity contribution in [2.75, 3.05) is 19.8 Å². The van der Waals surface area contributed by atoms with Crippen molar-refractivity contribution in [3.8, 4) is 0 Å². The van der Waals surface area contributed by atoms with Gasteiger partial charge in [0.25, 0.3) is 0 Å². The lowest BCUT2D eigenvalue weighted by atomic mass is 10.2. The van der Waals surface area contributed by atoms with Crippen molar-refractivity contribution < 1.29 is 9.13 Å². The van der Waals surface area contributed by atoms with E-state index in [1.54, 1.807) is 12.1 Å². The molecule has 0 atom stereocenters. The standard InChI is InChI=1S/C13H17ClFNO/c1-2-3-7-17-8-6-16-10-11-4-5-12(14)13(15)9-11/h2,4-5,9,16H,1,3,6-8,10H2. The van der Waals surface area contributed by atoms with E-state index < -0.39 is 0 Å². The van der Waals surface area contributed by atoms with Gasteiger partial charge in [-0.25, -0.2) is 4.39 Å². The summed E-state index contributed by atoms with van der Waals surface area (Å²) in [7, 11) is 0. The van der Waals surface area contributed by atoms with E-state index >= 15 is 0 Å². The van der Waals surface area contributed by atoms with Gasteiger partial charge in [0.1, 0.15) is 5.82 Å². The smallest absolute Gasteiger partial charge is 0.142 e. The zero-order valence-electron chi connectivity index (χ0n) is 9.72. The van der Waals surface area contributed by atoms with Gasteiger partial charge >= 0.3 is 0 Å². The van der Waals surface area contributed by atoms with Crippen molar-refractivity contribution in [3.63, 3.8) is 0 Å². The first-order chi connectivity index (χ1) is 8.24. The number of rotatable bonds is 8. The Labute approximate surface area is 106 Å². The Morgan fingerprint density at radius 2 is 2.24 bits per heavy atom. The summed E-state index contributed by atoms with van der Waals surface area (Å²) in [5.41, 5.74) is 0.873. The molecule has 4 heteroatoms. The van der Waals surface area contributed by atoms with Crippen molar-refractivity contribution in [1.82, 2.24) is 5.32 Å². The molecule has 0 heterocycles. The Morgan fingerprint density at radius 1 is 1.41 bits per heavy atom. The van der Waals surface area contributed by atoms with Gasteiger partial charge in [0.05, 0.1) is 18.2 Å². The Hall–Kier alpha value is -0.900. The second-order valence-electron chi connectivity index (χ2n) is 3.61. The molecule has 0 bridgehead atoms. The van der Waals surface area contributed by atoms with Crippen LogP contribution in [0.15, 0.2) is 30.9 Å². The molecule has 0 saturated carbocycles. The summed E-state index contributed by atoms with van der Waals surface area (Å²) in [4.78, 5) is 0. The predicted molar refractivity (Wildman–Crippen MR) is 68.7 cm³/mol. The third-order valence-corrected chi connectivity index (χ3v) is 2.51. The first kappa shape index (κ1) is 14.2. The number of hydrogen-bond donors (Lipinski definition) is 1. The highest BCUT2D eigenvalue weighted by molar-refractivity contribution is 6.30. The monoisotopic (exact) mass is 257 g/mol. The van der Waals surface area contributed by atoms with E-state index in [9.17, 15) is 4.39 Å². The minimum Gasteiger partial charge on any atom is -0.380 e. The van der Waals surface area contributed by atoms with E-state index in [0.717, 1.165) is 18.5 Å². The lowest BCUT2D eigenvalue weighted by Crippen LogP contribution is -2.19. The van der Waals surface area contributed by atoms with E-state index in [-0.39, 0.29) is 10.8 Å². The van der Waals surface area contributed by atoms with Gasteiger partial charge in [0, 0.05) is 13.1 Å². The van der Waals surface area contributed by atoms with Crippen molar-refractivity contribution in [1.29, 1.82) is 0 Å². The lowest BCUT2D eigenvalue weighted by molar-refractivity contribution is 0.140. The van der Waals surface area contributed by atoms with Gasteiger partial charge in [0.2, 0.25) is 0 Å². The Kier molecular flexibility index (Phi) is 6.86. The maximum absolute atomic E-state index is 13.1. The SMILES string of the molecule is C=CCCOCCNCc1ccc(Cl)c(F)c1. The molecule has 1 aromatic carbocycles. The van der Waals surface area contributed by atoms with E-state index in [1.807, 2.05) is 6.08 Å². The van der Waals surface area contributed by atoms with Crippen LogP contribution in [0.1, 0.15) is 12.0 Å². The third-order valence-electron chi connectivity index (χ3n) is 2.20. The van der Waals surface area contributed by atoms with Crippen molar-refractivity contribution >= 4 is 11.6 Å². The van der Waals surface area contributed by atoms with Crippen molar-refractivity contribution in [3.05, 3.63) is 47.3 Å². The zero-order chi connectivity index (χ0) is 12.5. The largest absolute Gasteiger partial charge is 0.380 e. The first-order valence-corrected chi connectivity index (χ1v) is 5.95. The molecule has 0 radical (unpaired) electrons. The summed E-state index contributed by atoms with van der Waals surface area (Å²) in [5, 5.41) is 3.32. The fraction of sp³-hybridized carbons (Fsp3) is 0.385. The molecule has 0 aliphatic rings. The summed E-state index contributed by atoms with van der Waals surface area (Å²) < 4.78 is 18.4. The molecule has 0 saturated heterocycles. The molecule has 1 N–H and O–H groups in total. The average molecular weight is 258 g/mol. The minimum atomic E-state index is -0.381. The van der Waals surface area contributed by atoms with E-state index in [2.05, 4.69) is 11.9 Å². The molecule has 2 nitrogen and oxygen atoms in total. The van der Waals surface area contributed by atoms with Gasteiger partial charge in [-0.2, -0.15) is 0 Å². The topological polar surface area (TPSA) is 21.3 Å². The molecular formula is C13H17ClFNO. The highest BCUT2D eigenvalue weighted by atomic mass is 35.5. The summed E-state index contributed by atoms with van der Waals surface area (Å²) in [6, 6.07) is 4.80. The van der Waals surface area contributed by atoms with Crippen molar-refractivity contribution in [2.45, 2.75) is 13.0 Å². The van der Waals surface area contributed by atoms with Gasteiger partial charge in [-0.15, -0.1) is 6.58 Å². The van der Waals surface area contributed by atoms with E-state index in [1.165, 1.54) is 6.07 Å². The molecular weight excluding hydrogens is 241 g/mol. The van der Waals surface area contributed by atoms with Gasteiger partial charge in [-0.1, -0.05) is 23.7 Å². The fourth-order valence-corrected chi connectivity index (χ4v) is 1.41.